The molecule has 2 aliphatic heterocycles. The van der Waals surface area contributed by atoms with Crippen molar-refractivity contribution in [1.29, 1.82) is 0 Å². The third-order valence-corrected chi connectivity index (χ3v) is 5.34. The molecule has 11 heteroatoms. The van der Waals surface area contributed by atoms with Crippen LogP contribution >= 0.6 is 11.6 Å². The molecule has 0 unspecified atom stereocenters. The van der Waals surface area contributed by atoms with Gasteiger partial charge in [-0.2, -0.15) is 0 Å². The number of rotatable bonds is 3. The third kappa shape index (κ3) is 3.03. The molecule has 5 rings (SSSR count). The zero-order chi connectivity index (χ0) is 21.0. The minimum atomic E-state index is -0.855. The lowest BCUT2D eigenvalue weighted by Gasteiger charge is -2.24. The molecule has 0 radical (unpaired) electrons. The lowest BCUT2D eigenvalue weighted by Crippen LogP contribution is -2.41. The van der Waals surface area contributed by atoms with Crippen LogP contribution in [0, 0.1) is 0 Å². The van der Waals surface area contributed by atoms with E-state index in [2.05, 4.69) is 25.3 Å². The van der Waals surface area contributed by atoms with E-state index in [0.29, 0.717) is 22.7 Å². The van der Waals surface area contributed by atoms with Gasteiger partial charge in [0.05, 0.1) is 6.33 Å². The summed E-state index contributed by atoms with van der Waals surface area (Å²) in [7, 11) is 1.55. The fourth-order valence-electron chi connectivity index (χ4n) is 3.83. The van der Waals surface area contributed by atoms with Crippen LogP contribution < -0.4 is 5.32 Å². The van der Waals surface area contributed by atoms with Gasteiger partial charge in [0, 0.05) is 13.2 Å². The second-order valence-corrected chi connectivity index (χ2v) is 7.86. The Labute approximate surface area is 176 Å². The van der Waals surface area contributed by atoms with Gasteiger partial charge in [-0.25, -0.2) is 15.0 Å². The van der Waals surface area contributed by atoms with Crippen LogP contribution in [-0.2, 0) is 19.0 Å². The zero-order valence-electron chi connectivity index (χ0n) is 16.4. The van der Waals surface area contributed by atoms with Gasteiger partial charge in [-0.3, -0.25) is 14.3 Å². The Balaban J connectivity index is 1.60. The molecule has 2 saturated heterocycles. The molecule has 0 aliphatic carbocycles. The van der Waals surface area contributed by atoms with E-state index in [1.54, 1.807) is 50.1 Å². The summed E-state index contributed by atoms with van der Waals surface area (Å²) < 4.78 is 19.8. The predicted molar refractivity (Wildman–Crippen MR) is 105 cm³/mol. The first-order chi connectivity index (χ1) is 14.4. The number of halogens is 1. The van der Waals surface area contributed by atoms with E-state index in [4.69, 9.17) is 25.8 Å². The van der Waals surface area contributed by atoms with Crippen LogP contribution in [0.3, 0.4) is 0 Å². The molecule has 30 heavy (non-hydrogen) atoms. The number of fused-ring (bicyclic) bond motifs is 2. The molecular formula is C19H19ClN6O4. The van der Waals surface area contributed by atoms with E-state index in [-0.39, 0.29) is 11.1 Å². The molecule has 10 nitrogen and oxygen atoms in total. The number of carbonyl (C=O) groups is 1. The smallest absolute Gasteiger partial charge is 0.251 e. The molecule has 0 saturated carbocycles. The Morgan fingerprint density at radius 2 is 2.00 bits per heavy atom. The molecule has 5 heterocycles. The van der Waals surface area contributed by atoms with Crippen molar-refractivity contribution in [3.8, 4) is 11.5 Å². The first-order valence-electron chi connectivity index (χ1n) is 9.42. The highest BCUT2D eigenvalue weighted by molar-refractivity contribution is 6.33. The normalized spacial score (nSPS) is 27.3. The SMILES string of the molecule is CNC(=O)[C@H]1O[C@@H](n2cnc3c(Cl)nc(-c4ccccn4)nc32)[C@@H]2OC(C)(C)O[C@@H]21. The number of carbonyl (C=O) groups excluding carboxylic acids is 1. The first kappa shape index (κ1) is 19.3. The maximum Gasteiger partial charge on any atom is 0.251 e. The van der Waals surface area contributed by atoms with Crippen molar-refractivity contribution in [1.82, 2.24) is 29.8 Å². The Hall–Kier alpha value is -2.66. The fourth-order valence-corrected chi connectivity index (χ4v) is 4.05. The topological polar surface area (TPSA) is 113 Å². The van der Waals surface area contributed by atoms with Gasteiger partial charge in [0.2, 0.25) is 0 Å². The van der Waals surface area contributed by atoms with Crippen molar-refractivity contribution in [2.45, 2.75) is 44.2 Å². The number of hydrogen-bond donors (Lipinski definition) is 1. The number of amides is 1. The maximum absolute atomic E-state index is 12.4. The summed E-state index contributed by atoms with van der Waals surface area (Å²) in [6, 6.07) is 5.43. The quantitative estimate of drug-likeness (QED) is 0.625. The molecule has 4 atom stereocenters. The largest absolute Gasteiger partial charge is 0.357 e. The van der Waals surface area contributed by atoms with Crippen molar-refractivity contribution >= 4 is 28.7 Å². The van der Waals surface area contributed by atoms with Gasteiger partial charge >= 0.3 is 0 Å². The summed E-state index contributed by atoms with van der Waals surface area (Å²) in [6.07, 6.45) is 0.569. The van der Waals surface area contributed by atoms with E-state index in [0.717, 1.165) is 0 Å². The number of likely N-dealkylation sites (N-methyl/N-ethyl adjacent to an activating group) is 1. The van der Waals surface area contributed by atoms with E-state index in [9.17, 15) is 4.79 Å². The van der Waals surface area contributed by atoms with Crippen molar-refractivity contribution in [2.24, 2.45) is 0 Å². The number of ether oxygens (including phenoxy) is 3. The number of imidazole rings is 1. The van der Waals surface area contributed by atoms with Crippen LogP contribution in [0.2, 0.25) is 5.15 Å². The van der Waals surface area contributed by atoms with E-state index in [1.807, 2.05) is 6.07 Å². The van der Waals surface area contributed by atoms with Crippen molar-refractivity contribution in [2.75, 3.05) is 7.05 Å². The minimum Gasteiger partial charge on any atom is -0.357 e. The molecule has 0 spiro atoms. The Bertz CT molecular complexity index is 1120. The standard InChI is InChI=1S/C19H19ClN6O4/c1-19(2)29-11-12(17(27)21-3)28-18(13(11)30-19)26-8-23-10-14(20)24-15(25-16(10)26)9-6-4-5-7-22-9/h4-8,11-13,18H,1-3H3,(H,21,27)/t11-,12+,13-,18-/m1/s1. The van der Waals surface area contributed by atoms with Gasteiger partial charge in [0.15, 0.2) is 34.7 Å². The second-order valence-electron chi connectivity index (χ2n) is 7.50. The fraction of sp³-hybridized carbons (Fsp3) is 0.421. The Morgan fingerprint density at radius 3 is 2.73 bits per heavy atom. The van der Waals surface area contributed by atoms with Gasteiger partial charge in [-0.15, -0.1) is 0 Å². The number of nitrogens with one attached hydrogen (secondary N) is 1. The molecule has 2 fully saturated rings. The van der Waals surface area contributed by atoms with Crippen LogP contribution in [0.5, 0.6) is 0 Å². The van der Waals surface area contributed by atoms with Crippen LogP contribution in [0.25, 0.3) is 22.7 Å². The van der Waals surface area contributed by atoms with Gasteiger partial charge in [0.1, 0.15) is 23.4 Å². The molecule has 0 bridgehead atoms. The van der Waals surface area contributed by atoms with Gasteiger partial charge in [-0.05, 0) is 26.0 Å². The number of hydrogen-bond acceptors (Lipinski definition) is 8. The highest BCUT2D eigenvalue weighted by Crippen LogP contribution is 2.44. The minimum absolute atomic E-state index is 0.195. The van der Waals surface area contributed by atoms with Crippen molar-refractivity contribution in [3.05, 3.63) is 35.9 Å². The number of aromatic nitrogens is 5. The average molecular weight is 431 g/mol. The maximum atomic E-state index is 12.4. The molecule has 156 valence electrons. The lowest BCUT2D eigenvalue weighted by molar-refractivity contribution is -0.197. The summed E-state index contributed by atoms with van der Waals surface area (Å²) >= 11 is 6.37. The van der Waals surface area contributed by atoms with Crippen LogP contribution in [0.15, 0.2) is 30.7 Å². The van der Waals surface area contributed by atoms with Crippen LogP contribution in [0.1, 0.15) is 20.1 Å². The Kier molecular flexibility index (Phi) is 4.47. The average Bonchev–Trinajstić information content (AvgIpc) is 3.38. The van der Waals surface area contributed by atoms with Crippen molar-refractivity contribution in [3.63, 3.8) is 0 Å². The lowest BCUT2D eigenvalue weighted by atomic mass is 10.1. The Morgan fingerprint density at radius 1 is 1.20 bits per heavy atom. The molecular weight excluding hydrogens is 412 g/mol. The van der Waals surface area contributed by atoms with E-state index < -0.39 is 30.3 Å². The second kappa shape index (κ2) is 6.95. The first-order valence-corrected chi connectivity index (χ1v) is 9.80. The van der Waals surface area contributed by atoms with E-state index in [1.165, 1.54) is 0 Å². The predicted octanol–water partition coefficient (Wildman–Crippen LogP) is 1.71. The van der Waals surface area contributed by atoms with Crippen LogP contribution in [-0.4, -0.2) is 61.6 Å². The summed E-state index contributed by atoms with van der Waals surface area (Å²) in [4.78, 5) is 29.9. The molecule has 3 aromatic heterocycles. The summed E-state index contributed by atoms with van der Waals surface area (Å²) in [5.74, 6) is -0.789. The molecule has 0 aromatic carbocycles. The zero-order valence-corrected chi connectivity index (χ0v) is 17.2. The monoisotopic (exact) mass is 430 g/mol. The van der Waals surface area contributed by atoms with Gasteiger partial charge in [-0.1, -0.05) is 17.7 Å². The number of nitrogens with zero attached hydrogens (tertiary/aromatic N) is 5. The summed E-state index contributed by atoms with van der Waals surface area (Å²) in [5, 5.41) is 2.81. The van der Waals surface area contributed by atoms with Crippen LogP contribution in [0.4, 0.5) is 0 Å². The summed E-state index contributed by atoms with van der Waals surface area (Å²) in [5.41, 5.74) is 1.44. The molecule has 1 amide bonds. The van der Waals surface area contributed by atoms with Gasteiger partial charge in [0.25, 0.3) is 5.91 Å². The molecule has 2 aliphatic rings. The van der Waals surface area contributed by atoms with Crippen molar-refractivity contribution < 1.29 is 19.0 Å². The highest BCUT2D eigenvalue weighted by Gasteiger charge is 2.58. The van der Waals surface area contributed by atoms with Gasteiger partial charge < -0.3 is 19.5 Å². The summed E-state index contributed by atoms with van der Waals surface area (Å²) in [6.45, 7) is 3.60. The highest BCUT2D eigenvalue weighted by atomic mass is 35.5. The third-order valence-electron chi connectivity index (χ3n) is 5.08. The van der Waals surface area contributed by atoms with E-state index >= 15 is 0 Å². The number of pyridine rings is 1. The molecule has 3 aromatic rings. The molecule has 1 N–H and O–H groups in total.